The van der Waals surface area contributed by atoms with E-state index in [4.69, 9.17) is 0 Å². The molecule has 0 aromatic heterocycles. The van der Waals surface area contributed by atoms with Gasteiger partial charge in [-0.25, -0.2) is 0 Å². The van der Waals surface area contributed by atoms with Crippen molar-refractivity contribution in [3.63, 3.8) is 0 Å². The van der Waals surface area contributed by atoms with E-state index in [1.54, 1.807) is 0 Å². The molecule has 1 N–H and O–H groups in total. The monoisotopic (exact) mass is 240 g/mol. The van der Waals surface area contributed by atoms with Gasteiger partial charge in [-0.05, 0) is 37.0 Å². The third-order valence-electron chi connectivity index (χ3n) is 4.56. The van der Waals surface area contributed by atoms with Gasteiger partial charge in [0.2, 0.25) is 0 Å². The van der Waals surface area contributed by atoms with E-state index in [1.807, 2.05) is 0 Å². The maximum absolute atomic E-state index is 10.3. The van der Waals surface area contributed by atoms with Crippen LogP contribution in [0.3, 0.4) is 0 Å². The second-order valence-corrected chi connectivity index (χ2v) is 6.27. The molecule has 102 valence electrons. The van der Waals surface area contributed by atoms with Gasteiger partial charge in [0.25, 0.3) is 0 Å². The van der Waals surface area contributed by atoms with E-state index in [0.29, 0.717) is 11.8 Å². The van der Waals surface area contributed by atoms with Gasteiger partial charge in [-0.1, -0.05) is 59.3 Å². The lowest BCUT2D eigenvalue weighted by molar-refractivity contribution is 0.0532. The molecule has 0 aromatic rings. The quantitative estimate of drug-likeness (QED) is 0.679. The fourth-order valence-corrected chi connectivity index (χ4v) is 3.49. The maximum Gasteiger partial charge on any atom is 0.0570 e. The standard InChI is InChI=1S/C16H32O/c1-4-6-13(3)12-16(17)15-10-8-14(7-5-2)9-11-15/h13-17H,4-12H2,1-3H3. The van der Waals surface area contributed by atoms with Crippen LogP contribution in [0.2, 0.25) is 0 Å². The maximum atomic E-state index is 10.3. The van der Waals surface area contributed by atoms with Crippen LogP contribution >= 0.6 is 0 Å². The molecule has 1 fully saturated rings. The molecular formula is C16H32O. The summed E-state index contributed by atoms with van der Waals surface area (Å²) in [5.41, 5.74) is 0. The molecule has 1 saturated carbocycles. The van der Waals surface area contributed by atoms with Crippen LogP contribution in [0, 0.1) is 17.8 Å². The molecule has 0 spiro atoms. The zero-order valence-electron chi connectivity index (χ0n) is 12.1. The van der Waals surface area contributed by atoms with Crippen molar-refractivity contribution >= 4 is 0 Å². The third kappa shape index (κ3) is 5.42. The minimum Gasteiger partial charge on any atom is -0.393 e. The van der Waals surface area contributed by atoms with E-state index in [-0.39, 0.29) is 6.10 Å². The van der Waals surface area contributed by atoms with Crippen LogP contribution < -0.4 is 0 Å². The highest BCUT2D eigenvalue weighted by Crippen LogP contribution is 2.34. The second-order valence-electron chi connectivity index (χ2n) is 6.27. The van der Waals surface area contributed by atoms with Crippen LogP contribution in [0.25, 0.3) is 0 Å². The van der Waals surface area contributed by atoms with Crippen LogP contribution in [0.4, 0.5) is 0 Å². The Morgan fingerprint density at radius 2 is 1.71 bits per heavy atom. The Labute approximate surface area is 108 Å². The van der Waals surface area contributed by atoms with Gasteiger partial charge in [-0.2, -0.15) is 0 Å². The van der Waals surface area contributed by atoms with E-state index in [2.05, 4.69) is 20.8 Å². The molecule has 0 bridgehead atoms. The van der Waals surface area contributed by atoms with Crippen molar-refractivity contribution < 1.29 is 5.11 Å². The van der Waals surface area contributed by atoms with Crippen molar-refractivity contribution in [2.75, 3.05) is 0 Å². The summed E-state index contributed by atoms with van der Waals surface area (Å²) in [6.07, 6.45) is 11.5. The Kier molecular flexibility index (Phi) is 7.18. The summed E-state index contributed by atoms with van der Waals surface area (Å²) < 4.78 is 0. The first-order chi connectivity index (χ1) is 8.17. The van der Waals surface area contributed by atoms with Crippen LogP contribution in [0.15, 0.2) is 0 Å². The van der Waals surface area contributed by atoms with Crippen molar-refractivity contribution in [3.05, 3.63) is 0 Å². The predicted octanol–water partition coefficient (Wildman–Crippen LogP) is 4.78. The van der Waals surface area contributed by atoms with Gasteiger partial charge >= 0.3 is 0 Å². The summed E-state index contributed by atoms with van der Waals surface area (Å²) >= 11 is 0. The van der Waals surface area contributed by atoms with Crippen LogP contribution in [0.5, 0.6) is 0 Å². The number of hydrogen-bond donors (Lipinski definition) is 1. The molecule has 0 radical (unpaired) electrons. The molecule has 0 aromatic carbocycles. The third-order valence-corrected chi connectivity index (χ3v) is 4.56. The molecule has 1 rings (SSSR count). The molecule has 1 heteroatoms. The van der Waals surface area contributed by atoms with Gasteiger partial charge in [0.1, 0.15) is 0 Å². The number of hydrogen-bond acceptors (Lipinski definition) is 1. The lowest BCUT2D eigenvalue weighted by atomic mass is 9.76. The molecule has 2 atom stereocenters. The predicted molar refractivity (Wildman–Crippen MR) is 75.1 cm³/mol. The Bertz CT molecular complexity index is 182. The lowest BCUT2D eigenvalue weighted by Crippen LogP contribution is -2.27. The molecule has 0 amide bonds. The molecular weight excluding hydrogens is 208 g/mol. The van der Waals surface area contributed by atoms with Crippen LogP contribution in [-0.4, -0.2) is 11.2 Å². The van der Waals surface area contributed by atoms with Gasteiger partial charge in [0.05, 0.1) is 6.10 Å². The smallest absolute Gasteiger partial charge is 0.0570 e. The summed E-state index contributed by atoms with van der Waals surface area (Å²) in [6, 6.07) is 0. The zero-order valence-corrected chi connectivity index (χ0v) is 12.1. The fraction of sp³-hybridized carbons (Fsp3) is 1.00. The van der Waals surface area contributed by atoms with Crippen LogP contribution in [0.1, 0.15) is 78.6 Å². The summed E-state index contributed by atoms with van der Waals surface area (Å²) in [6.45, 7) is 6.81. The Morgan fingerprint density at radius 3 is 2.24 bits per heavy atom. The summed E-state index contributed by atoms with van der Waals surface area (Å²) in [7, 11) is 0. The topological polar surface area (TPSA) is 20.2 Å². The molecule has 1 aliphatic rings. The van der Waals surface area contributed by atoms with Crippen molar-refractivity contribution in [2.24, 2.45) is 17.8 Å². The SMILES string of the molecule is CCCC(C)CC(O)C1CCC(CCC)CC1. The summed E-state index contributed by atoms with van der Waals surface area (Å²) in [5.74, 6) is 2.25. The van der Waals surface area contributed by atoms with E-state index in [0.717, 1.165) is 12.3 Å². The zero-order chi connectivity index (χ0) is 12.7. The summed E-state index contributed by atoms with van der Waals surface area (Å²) in [4.78, 5) is 0. The highest BCUT2D eigenvalue weighted by atomic mass is 16.3. The van der Waals surface area contributed by atoms with Crippen molar-refractivity contribution in [1.82, 2.24) is 0 Å². The lowest BCUT2D eigenvalue weighted by Gasteiger charge is -2.32. The van der Waals surface area contributed by atoms with E-state index < -0.39 is 0 Å². The summed E-state index contributed by atoms with van der Waals surface area (Å²) in [5, 5.41) is 10.3. The average Bonchev–Trinajstić information content (AvgIpc) is 2.30. The fourth-order valence-electron chi connectivity index (χ4n) is 3.49. The second kappa shape index (κ2) is 8.13. The molecule has 0 aliphatic heterocycles. The number of aliphatic hydroxyl groups is 1. The molecule has 17 heavy (non-hydrogen) atoms. The highest BCUT2D eigenvalue weighted by molar-refractivity contribution is 4.78. The molecule has 0 saturated heterocycles. The average molecular weight is 240 g/mol. The molecule has 1 aliphatic carbocycles. The number of rotatable bonds is 7. The van der Waals surface area contributed by atoms with Gasteiger partial charge in [0.15, 0.2) is 0 Å². The van der Waals surface area contributed by atoms with Gasteiger partial charge in [-0.15, -0.1) is 0 Å². The molecule has 2 unspecified atom stereocenters. The minimum absolute atomic E-state index is 0.0286. The van der Waals surface area contributed by atoms with Crippen LogP contribution in [-0.2, 0) is 0 Å². The first-order valence-electron chi connectivity index (χ1n) is 7.85. The molecule has 0 heterocycles. The Balaban J connectivity index is 2.23. The van der Waals surface area contributed by atoms with Gasteiger partial charge in [0, 0.05) is 0 Å². The first kappa shape index (κ1) is 15.0. The van der Waals surface area contributed by atoms with Crippen molar-refractivity contribution in [3.8, 4) is 0 Å². The first-order valence-corrected chi connectivity index (χ1v) is 7.85. The number of aliphatic hydroxyl groups excluding tert-OH is 1. The van der Waals surface area contributed by atoms with Crippen molar-refractivity contribution in [2.45, 2.75) is 84.7 Å². The molecule has 1 nitrogen and oxygen atoms in total. The Hall–Kier alpha value is -0.0400. The van der Waals surface area contributed by atoms with Gasteiger partial charge < -0.3 is 5.11 Å². The highest BCUT2D eigenvalue weighted by Gasteiger charge is 2.26. The van der Waals surface area contributed by atoms with E-state index in [1.165, 1.54) is 51.4 Å². The van der Waals surface area contributed by atoms with E-state index >= 15 is 0 Å². The minimum atomic E-state index is -0.0286. The van der Waals surface area contributed by atoms with Gasteiger partial charge in [-0.3, -0.25) is 0 Å². The largest absolute Gasteiger partial charge is 0.393 e. The normalized spacial score (nSPS) is 28.9. The van der Waals surface area contributed by atoms with Crippen molar-refractivity contribution in [1.29, 1.82) is 0 Å². The van der Waals surface area contributed by atoms with E-state index in [9.17, 15) is 5.11 Å². The Morgan fingerprint density at radius 1 is 1.06 bits per heavy atom.